The summed E-state index contributed by atoms with van der Waals surface area (Å²) >= 11 is 0. The van der Waals surface area contributed by atoms with Gasteiger partial charge in [0, 0.05) is 17.8 Å². The van der Waals surface area contributed by atoms with Crippen molar-refractivity contribution >= 4 is 33.5 Å². The van der Waals surface area contributed by atoms with Crippen molar-refractivity contribution in [2.24, 2.45) is 5.10 Å². The second-order valence-corrected chi connectivity index (χ2v) is 8.83. The highest BCUT2D eigenvalue weighted by Crippen LogP contribution is 2.28. The summed E-state index contributed by atoms with van der Waals surface area (Å²) in [6.07, 6.45) is 2.87. The summed E-state index contributed by atoms with van der Waals surface area (Å²) in [4.78, 5) is 26.9. The lowest BCUT2D eigenvalue weighted by Gasteiger charge is -2.24. The Kier molecular flexibility index (Phi) is 7.53. The summed E-state index contributed by atoms with van der Waals surface area (Å²) in [5, 5.41) is 15.1. The number of nitro benzene ring substituents is 1. The largest absolute Gasteiger partial charge is 0.497 e. The van der Waals surface area contributed by atoms with Gasteiger partial charge in [-0.3, -0.25) is 24.2 Å². The van der Waals surface area contributed by atoms with Crippen LogP contribution in [0.4, 0.5) is 11.4 Å². The number of aryl methyl sites for hydroxylation is 1. The Labute approximate surface area is 195 Å². The van der Waals surface area contributed by atoms with Crippen molar-refractivity contribution in [1.82, 2.24) is 10.4 Å². The van der Waals surface area contributed by atoms with Crippen LogP contribution in [0.15, 0.2) is 76.9 Å². The molecule has 0 bridgehead atoms. The first-order chi connectivity index (χ1) is 16.2. The number of benzene rings is 2. The number of rotatable bonds is 9. The van der Waals surface area contributed by atoms with E-state index in [0.717, 1.165) is 10.4 Å². The third kappa shape index (κ3) is 5.72. The van der Waals surface area contributed by atoms with Crippen LogP contribution in [0.3, 0.4) is 0 Å². The predicted octanol–water partition coefficient (Wildman–Crippen LogP) is 2.65. The first kappa shape index (κ1) is 24.3. The third-order valence-electron chi connectivity index (χ3n) is 4.69. The number of methoxy groups -OCH3 is 1. The molecule has 0 spiro atoms. The van der Waals surface area contributed by atoms with E-state index in [4.69, 9.17) is 4.74 Å². The maximum Gasteiger partial charge on any atom is 0.273 e. The molecule has 1 heterocycles. The van der Waals surface area contributed by atoms with Crippen molar-refractivity contribution in [2.45, 2.75) is 11.8 Å². The Bertz CT molecular complexity index is 1310. The molecule has 3 aromatic rings. The van der Waals surface area contributed by atoms with Crippen LogP contribution in [-0.2, 0) is 14.8 Å². The van der Waals surface area contributed by atoms with Crippen molar-refractivity contribution in [2.75, 3.05) is 18.0 Å². The Morgan fingerprint density at radius 3 is 2.56 bits per heavy atom. The number of amides is 1. The molecule has 11 nitrogen and oxygen atoms in total. The zero-order valence-corrected chi connectivity index (χ0v) is 19.1. The van der Waals surface area contributed by atoms with Crippen LogP contribution >= 0.6 is 0 Å². The number of pyridine rings is 1. The molecule has 3 rings (SSSR count). The molecule has 0 saturated heterocycles. The number of hydrazone groups is 1. The van der Waals surface area contributed by atoms with Crippen molar-refractivity contribution in [3.63, 3.8) is 0 Å². The van der Waals surface area contributed by atoms with E-state index in [-0.39, 0.29) is 16.3 Å². The van der Waals surface area contributed by atoms with Crippen molar-refractivity contribution in [3.05, 3.63) is 88.2 Å². The van der Waals surface area contributed by atoms with Crippen molar-refractivity contribution < 1.29 is 22.9 Å². The molecule has 0 aliphatic carbocycles. The topological polar surface area (TPSA) is 144 Å². The van der Waals surface area contributed by atoms with Gasteiger partial charge in [-0.2, -0.15) is 5.10 Å². The zero-order valence-electron chi connectivity index (χ0n) is 18.3. The van der Waals surface area contributed by atoms with E-state index < -0.39 is 27.4 Å². The Morgan fingerprint density at radius 2 is 1.94 bits per heavy atom. The van der Waals surface area contributed by atoms with Crippen molar-refractivity contribution in [3.8, 4) is 5.75 Å². The second kappa shape index (κ2) is 10.5. The summed E-state index contributed by atoms with van der Waals surface area (Å²) in [5.41, 5.74) is 2.88. The van der Waals surface area contributed by atoms with Crippen LogP contribution in [0.1, 0.15) is 11.3 Å². The monoisotopic (exact) mass is 483 g/mol. The molecule has 1 N–H and O–H groups in total. The zero-order chi connectivity index (χ0) is 24.7. The van der Waals surface area contributed by atoms with E-state index in [1.165, 1.54) is 56.6 Å². The molecule has 176 valence electrons. The van der Waals surface area contributed by atoms with Crippen LogP contribution in [0, 0.1) is 17.0 Å². The number of carbonyl (C=O) groups excluding carboxylic acids is 1. The van der Waals surface area contributed by atoms with Gasteiger partial charge >= 0.3 is 0 Å². The van der Waals surface area contributed by atoms with E-state index in [0.29, 0.717) is 17.0 Å². The highest BCUT2D eigenvalue weighted by molar-refractivity contribution is 7.92. The van der Waals surface area contributed by atoms with Gasteiger partial charge in [-0.05, 0) is 49.4 Å². The highest BCUT2D eigenvalue weighted by atomic mass is 32.2. The lowest BCUT2D eigenvalue weighted by Crippen LogP contribution is -2.39. The average molecular weight is 484 g/mol. The maximum absolute atomic E-state index is 13.4. The minimum Gasteiger partial charge on any atom is -0.497 e. The van der Waals surface area contributed by atoms with E-state index in [1.807, 2.05) is 0 Å². The standard InChI is InChI=1S/C22H21N5O6S/c1-16-6-11-20(13-21(16)27(29)30)34(31,32)26(18-7-9-19(33-2)10-8-18)15-22(28)25-24-14-17-5-3-4-12-23-17/h3-14H,15H2,1-2H3,(H,25,28)/b24-14-. The second-order valence-electron chi connectivity index (χ2n) is 6.96. The summed E-state index contributed by atoms with van der Waals surface area (Å²) < 4.78 is 32.8. The third-order valence-corrected chi connectivity index (χ3v) is 6.46. The summed E-state index contributed by atoms with van der Waals surface area (Å²) in [5.74, 6) is -0.246. The minimum atomic E-state index is -4.36. The molecule has 1 amide bonds. The van der Waals surface area contributed by atoms with E-state index in [9.17, 15) is 23.3 Å². The molecule has 0 aliphatic rings. The fourth-order valence-electron chi connectivity index (χ4n) is 2.93. The number of hydrogen-bond donors (Lipinski definition) is 1. The number of aromatic nitrogens is 1. The summed E-state index contributed by atoms with van der Waals surface area (Å²) in [7, 11) is -2.90. The van der Waals surface area contributed by atoms with Crippen LogP contribution in [0.25, 0.3) is 0 Å². The van der Waals surface area contributed by atoms with Crippen LogP contribution in [0.2, 0.25) is 0 Å². The van der Waals surface area contributed by atoms with E-state index >= 15 is 0 Å². The molecule has 1 aromatic heterocycles. The van der Waals surface area contributed by atoms with Gasteiger partial charge in [-0.25, -0.2) is 13.8 Å². The van der Waals surface area contributed by atoms with E-state index in [2.05, 4.69) is 15.5 Å². The van der Waals surface area contributed by atoms with Gasteiger partial charge in [0.05, 0.1) is 34.5 Å². The number of nitro groups is 1. The van der Waals surface area contributed by atoms with Gasteiger partial charge in [0.15, 0.2) is 0 Å². The number of nitrogens with zero attached hydrogens (tertiary/aromatic N) is 4. The molecular weight excluding hydrogens is 462 g/mol. The molecule has 34 heavy (non-hydrogen) atoms. The van der Waals surface area contributed by atoms with Gasteiger partial charge in [-0.1, -0.05) is 12.1 Å². The molecule has 0 saturated carbocycles. The molecule has 12 heteroatoms. The highest BCUT2D eigenvalue weighted by Gasteiger charge is 2.29. The van der Waals surface area contributed by atoms with Gasteiger partial charge in [0.1, 0.15) is 12.3 Å². The Hall–Kier alpha value is -4.32. The van der Waals surface area contributed by atoms with E-state index in [1.54, 1.807) is 24.4 Å². The average Bonchev–Trinajstić information content (AvgIpc) is 2.83. The SMILES string of the molecule is COc1ccc(N(CC(=O)N/N=C\c2ccccn2)S(=O)(=O)c2ccc(C)c([N+](=O)[O-])c2)cc1. The van der Waals surface area contributed by atoms with Crippen LogP contribution in [-0.4, -0.2) is 44.1 Å². The smallest absolute Gasteiger partial charge is 0.273 e. The number of ether oxygens (including phenoxy) is 1. The Morgan fingerprint density at radius 1 is 1.21 bits per heavy atom. The Balaban J connectivity index is 1.93. The molecule has 0 atom stereocenters. The van der Waals surface area contributed by atoms with Gasteiger partial charge in [-0.15, -0.1) is 0 Å². The minimum absolute atomic E-state index is 0.160. The lowest BCUT2D eigenvalue weighted by atomic mass is 10.2. The van der Waals surface area contributed by atoms with Crippen LogP contribution in [0.5, 0.6) is 5.75 Å². The fraction of sp³-hybridized carbons (Fsp3) is 0.136. The van der Waals surface area contributed by atoms with Crippen LogP contribution < -0.4 is 14.5 Å². The molecule has 0 radical (unpaired) electrons. The maximum atomic E-state index is 13.4. The summed E-state index contributed by atoms with van der Waals surface area (Å²) in [6, 6.07) is 14.7. The molecule has 0 fully saturated rings. The number of anilines is 1. The van der Waals surface area contributed by atoms with Gasteiger partial charge in [0.25, 0.3) is 21.6 Å². The van der Waals surface area contributed by atoms with Gasteiger partial charge in [0.2, 0.25) is 0 Å². The van der Waals surface area contributed by atoms with Crippen molar-refractivity contribution in [1.29, 1.82) is 0 Å². The predicted molar refractivity (Wildman–Crippen MR) is 125 cm³/mol. The summed E-state index contributed by atoms with van der Waals surface area (Å²) in [6.45, 7) is 0.874. The van der Waals surface area contributed by atoms with Gasteiger partial charge < -0.3 is 4.74 Å². The first-order valence-electron chi connectivity index (χ1n) is 9.87. The molecule has 2 aromatic carbocycles. The number of carbonyl (C=O) groups is 1. The lowest BCUT2D eigenvalue weighted by molar-refractivity contribution is -0.385. The number of nitrogens with one attached hydrogen (secondary N) is 1. The molecule has 0 unspecified atom stereocenters. The number of sulfonamides is 1. The fourth-order valence-corrected chi connectivity index (χ4v) is 4.37. The first-order valence-corrected chi connectivity index (χ1v) is 11.3. The molecular formula is C22H21N5O6S. The molecule has 0 aliphatic heterocycles. The normalized spacial score (nSPS) is 11.2. The quantitative estimate of drug-likeness (QED) is 0.280. The number of hydrogen-bond acceptors (Lipinski definition) is 8.